The summed E-state index contributed by atoms with van der Waals surface area (Å²) in [4.78, 5) is 11.6. The van der Waals surface area contributed by atoms with Gasteiger partial charge in [0.15, 0.2) is 6.73 Å². The molecular weight excluding hydrogens is 315 g/mol. The summed E-state index contributed by atoms with van der Waals surface area (Å²) in [6.07, 6.45) is -2.98. The molecule has 1 heterocycles. The SMILES string of the molecule is O=C(NCCO)c1ccn(COc2cccc(C(F)(F)F)c2)n1. The number of carbonyl (C=O) groups excluding carboxylic acids is 1. The highest BCUT2D eigenvalue weighted by atomic mass is 19.4. The number of nitrogens with one attached hydrogen (secondary N) is 1. The fraction of sp³-hybridized carbons (Fsp3) is 0.286. The highest BCUT2D eigenvalue weighted by molar-refractivity contribution is 5.92. The standard InChI is InChI=1S/C14H14F3N3O3/c15-14(16,17)10-2-1-3-11(8-10)23-9-20-6-4-12(19-20)13(22)18-5-7-21/h1-4,6,8,21H,5,7,9H2,(H,18,22). The van der Waals surface area contributed by atoms with Crippen molar-refractivity contribution in [3.63, 3.8) is 0 Å². The largest absolute Gasteiger partial charge is 0.471 e. The number of amides is 1. The lowest BCUT2D eigenvalue weighted by Crippen LogP contribution is -2.26. The number of carbonyl (C=O) groups is 1. The maximum atomic E-state index is 12.6. The summed E-state index contributed by atoms with van der Waals surface area (Å²) in [5.41, 5.74) is -0.689. The molecule has 0 atom stereocenters. The minimum absolute atomic E-state index is 0.0432. The molecule has 2 rings (SSSR count). The van der Waals surface area contributed by atoms with Crippen LogP contribution in [0.4, 0.5) is 13.2 Å². The zero-order chi connectivity index (χ0) is 16.9. The van der Waals surface area contributed by atoms with E-state index in [1.807, 2.05) is 0 Å². The van der Waals surface area contributed by atoms with Crippen LogP contribution < -0.4 is 10.1 Å². The lowest BCUT2D eigenvalue weighted by Gasteiger charge is -2.10. The van der Waals surface area contributed by atoms with Gasteiger partial charge in [-0.2, -0.15) is 18.3 Å². The van der Waals surface area contributed by atoms with E-state index in [0.29, 0.717) is 0 Å². The van der Waals surface area contributed by atoms with Crippen LogP contribution in [0.1, 0.15) is 16.1 Å². The minimum atomic E-state index is -4.44. The molecule has 23 heavy (non-hydrogen) atoms. The Morgan fingerprint density at radius 3 is 2.83 bits per heavy atom. The Bertz CT molecular complexity index is 671. The molecule has 0 saturated heterocycles. The molecule has 0 spiro atoms. The average Bonchev–Trinajstić information content (AvgIpc) is 2.99. The van der Waals surface area contributed by atoms with Gasteiger partial charge in [-0.05, 0) is 24.3 Å². The van der Waals surface area contributed by atoms with E-state index in [1.165, 1.54) is 29.1 Å². The number of halogens is 3. The Labute approximate surface area is 129 Å². The second-order valence-electron chi connectivity index (χ2n) is 4.52. The van der Waals surface area contributed by atoms with Crippen LogP contribution in [0.25, 0.3) is 0 Å². The van der Waals surface area contributed by atoms with Crippen LogP contribution in [0.3, 0.4) is 0 Å². The van der Waals surface area contributed by atoms with E-state index in [9.17, 15) is 18.0 Å². The summed E-state index contributed by atoms with van der Waals surface area (Å²) in [5.74, 6) is -0.418. The molecular formula is C14H14F3N3O3. The number of ether oxygens (including phenoxy) is 1. The summed E-state index contributed by atoms with van der Waals surface area (Å²) >= 11 is 0. The van der Waals surface area contributed by atoms with Crippen LogP contribution in [0.2, 0.25) is 0 Å². The Hall–Kier alpha value is -2.55. The second kappa shape index (κ2) is 7.14. The van der Waals surface area contributed by atoms with Crippen molar-refractivity contribution in [3.05, 3.63) is 47.8 Å². The molecule has 124 valence electrons. The predicted octanol–water partition coefficient (Wildman–Crippen LogP) is 1.66. The first-order chi connectivity index (χ1) is 10.9. The summed E-state index contributed by atoms with van der Waals surface area (Å²) in [6, 6.07) is 5.91. The summed E-state index contributed by atoms with van der Waals surface area (Å²) < 4.78 is 44.3. The zero-order valence-electron chi connectivity index (χ0n) is 11.9. The van der Waals surface area contributed by atoms with Gasteiger partial charge >= 0.3 is 6.18 Å². The van der Waals surface area contributed by atoms with Crippen molar-refractivity contribution < 1.29 is 27.8 Å². The van der Waals surface area contributed by atoms with Crippen LogP contribution >= 0.6 is 0 Å². The van der Waals surface area contributed by atoms with E-state index >= 15 is 0 Å². The van der Waals surface area contributed by atoms with E-state index in [0.717, 1.165) is 12.1 Å². The number of hydrogen-bond donors (Lipinski definition) is 2. The number of rotatable bonds is 6. The van der Waals surface area contributed by atoms with Crippen molar-refractivity contribution in [2.24, 2.45) is 0 Å². The molecule has 9 heteroatoms. The van der Waals surface area contributed by atoms with Crippen molar-refractivity contribution in [1.82, 2.24) is 15.1 Å². The molecule has 0 aliphatic carbocycles. The van der Waals surface area contributed by atoms with Crippen molar-refractivity contribution in [2.75, 3.05) is 13.2 Å². The van der Waals surface area contributed by atoms with Crippen molar-refractivity contribution in [2.45, 2.75) is 12.9 Å². The molecule has 6 nitrogen and oxygen atoms in total. The predicted molar refractivity (Wildman–Crippen MR) is 73.7 cm³/mol. The highest BCUT2D eigenvalue weighted by Crippen LogP contribution is 2.31. The number of hydrogen-bond acceptors (Lipinski definition) is 4. The van der Waals surface area contributed by atoms with Crippen LogP contribution in [0.15, 0.2) is 36.5 Å². The summed E-state index contributed by atoms with van der Waals surface area (Å²) in [6.45, 7) is -0.230. The highest BCUT2D eigenvalue weighted by Gasteiger charge is 2.30. The first-order valence-corrected chi connectivity index (χ1v) is 6.63. The lowest BCUT2D eigenvalue weighted by molar-refractivity contribution is -0.137. The number of aromatic nitrogens is 2. The Morgan fingerprint density at radius 2 is 2.13 bits per heavy atom. The molecule has 0 aliphatic heterocycles. The van der Waals surface area contributed by atoms with Gasteiger partial charge in [0.05, 0.1) is 12.2 Å². The average molecular weight is 329 g/mol. The van der Waals surface area contributed by atoms with Crippen LogP contribution in [-0.2, 0) is 12.9 Å². The van der Waals surface area contributed by atoms with Crippen molar-refractivity contribution >= 4 is 5.91 Å². The fourth-order valence-electron chi connectivity index (χ4n) is 1.72. The van der Waals surface area contributed by atoms with E-state index in [-0.39, 0.29) is 31.3 Å². The molecule has 0 unspecified atom stereocenters. The molecule has 1 aromatic heterocycles. The van der Waals surface area contributed by atoms with Gasteiger partial charge in [-0.3, -0.25) is 4.79 Å². The molecule has 0 bridgehead atoms. The van der Waals surface area contributed by atoms with E-state index in [4.69, 9.17) is 9.84 Å². The third-order valence-corrected chi connectivity index (χ3v) is 2.80. The van der Waals surface area contributed by atoms with Crippen LogP contribution in [0, 0.1) is 0 Å². The maximum Gasteiger partial charge on any atom is 0.416 e. The summed E-state index contributed by atoms with van der Waals surface area (Å²) in [5, 5.41) is 15.0. The third-order valence-electron chi connectivity index (χ3n) is 2.80. The topological polar surface area (TPSA) is 76.4 Å². The number of benzene rings is 1. The van der Waals surface area contributed by atoms with E-state index < -0.39 is 17.6 Å². The molecule has 1 aromatic carbocycles. The first kappa shape index (κ1) is 16.8. The zero-order valence-corrected chi connectivity index (χ0v) is 11.9. The lowest BCUT2D eigenvalue weighted by atomic mass is 10.2. The van der Waals surface area contributed by atoms with E-state index in [2.05, 4.69) is 10.4 Å². The normalized spacial score (nSPS) is 11.3. The minimum Gasteiger partial charge on any atom is -0.471 e. The monoisotopic (exact) mass is 329 g/mol. The van der Waals surface area contributed by atoms with Gasteiger partial charge < -0.3 is 15.2 Å². The smallest absolute Gasteiger partial charge is 0.416 e. The van der Waals surface area contributed by atoms with Gasteiger partial charge in [-0.25, -0.2) is 4.68 Å². The maximum absolute atomic E-state index is 12.6. The molecule has 2 aromatic rings. The fourth-order valence-corrected chi connectivity index (χ4v) is 1.72. The van der Waals surface area contributed by atoms with Crippen molar-refractivity contribution in [3.8, 4) is 5.75 Å². The number of aliphatic hydroxyl groups is 1. The number of aliphatic hydroxyl groups excluding tert-OH is 1. The second-order valence-corrected chi connectivity index (χ2v) is 4.52. The summed E-state index contributed by atoms with van der Waals surface area (Å²) in [7, 11) is 0. The Kier molecular flexibility index (Phi) is 5.22. The van der Waals surface area contributed by atoms with E-state index in [1.54, 1.807) is 0 Å². The Morgan fingerprint density at radius 1 is 1.35 bits per heavy atom. The van der Waals surface area contributed by atoms with Gasteiger partial charge in [-0.1, -0.05) is 6.07 Å². The molecule has 0 fully saturated rings. The first-order valence-electron chi connectivity index (χ1n) is 6.63. The van der Waals surface area contributed by atoms with Crippen molar-refractivity contribution in [1.29, 1.82) is 0 Å². The Balaban J connectivity index is 1.96. The number of nitrogens with zero attached hydrogens (tertiary/aromatic N) is 2. The molecule has 0 aliphatic rings. The number of alkyl halides is 3. The quantitative estimate of drug-likeness (QED) is 0.845. The van der Waals surface area contributed by atoms with Gasteiger partial charge in [0.25, 0.3) is 5.91 Å². The molecule has 2 N–H and O–H groups in total. The van der Waals surface area contributed by atoms with Gasteiger partial charge in [0, 0.05) is 12.7 Å². The van der Waals surface area contributed by atoms with Crippen LogP contribution in [0.5, 0.6) is 5.75 Å². The van der Waals surface area contributed by atoms with Crippen LogP contribution in [-0.4, -0.2) is 33.9 Å². The third kappa shape index (κ3) is 4.71. The molecule has 0 saturated carbocycles. The van der Waals surface area contributed by atoms with Gasteiger partial charge in [0.2, 0.25) is 0 Å². The van der Waals surface area contributed by atoms with Gasteiger partial charge in [-0.15, -0.1) is 0 Å². The molecule has 1 amide bonds. The van der Waals surface area contributed by atoms with Gasteiger partial charge in [0.1, 0.15) is 11.4 Å². The molecule has 0 radical (unpaired) electrons.